The number of carbonyl (C=O) groups is 2. The predicted octanol–water partition coefficient (Wildman–Crippen LogP) is 3.19. The molecular weight excluding hydrogens is 346 g/mol. The summed E-state index contributed by atoms with van der Waals surface area (Å²) in [6.45, 7) is 4.12. The van der Waals surface area contributed by atoms with Gasteiger partial charge in [0.15, 0.2) is 0 Å². The monoisotopic (exact) mass is 371 g/mol. The van der Waals surface area contributed by atoms with Gasteiger partial charge in [0.1, 0.15) is 0 Å². The molecular formula is C20H25N3O2S. The average molecular weight is 372 g/mol. The minimum atomic E-state index is -0.0196. The fourth-order valence-corrected chi connectivity index (χ4v) is 4.12. The van der Waals surface area contributed by atoms with E-state index in [0.717, 1.165) is 37.2 Å². The van der Waals surface area contributed by atoms with E-state index in [1.165, 1.54) is 10.4 Å². The SMILES string of the molecule is CNCCCC(=O)Nc1cccc(C(=O)N2CCc3sccc3C2)c1C. The van der Waals surface area contributed by atoms with Crippen LogP contribution < -0.4 is 10.6 Å². The third kappa shape index (κ3) is 4.14. The van der Waals surface area contributed by atoms with E-state index in [1.807, 2.05) is 37.1 Å². The van der Waals surface area contributed by atoms with Gasteiger partial charge in [0.05, 0.1) is 0 Å². The Bertz CT molecular complexity index is 800. The second-order valence-electron chi connectivity index (χ2n) is 6.58. The summed E-state index contributed by atoms with van der Waals surface area (Å²) >= 11 is 1.77. The highest BCUT2D eigenvalue weighted by Crippen LogP contribution is 2.27. The van der Waals surface area contributed by atoms with E-state index in [9.17, 15) is 9.59 Å². The van der Waals surface area contributed by atoms with E-state index in [-0.39, 0.29) is 11.8 Å². The van der Waals surface area contributed by atoms with Crippen LogP contribution in [0.1, 0.15) is 39.2 Å². The lowest BCUT2D eigenvalue weighted by atomic mass is 10.0. The summed E-state index contributed by atoms with van der Waals surface area (Å²) in [4.78, 5) is 28.4. The van der Waals surface area contributed by atoms with Gasteiger partial charge in [-0.25, -0.2) is 0 Å². The Balaban J connectivity index is 1.70. The molecule has 6 heteroatoms. The first-order valence-electron chi connectivity index (χ1n) is 8.98. The topological polar surface area (TPSA) is 61.4 Å². The van der Waals surface area contributed by atoms with Crippen LogP contribution in [0.5, 0.6) is 0 Å². The van der Waals surface area contributed by atoms with E-state index in [4.69, 9.17) is 0 Å². The largest absolute Gasteiger partial charge is 0.334 e. The van der Waals surface area contributed by atoms with Crippen molar-refractivity contribution in [3.8, 4) is 0 Å². The third-order valence-electron chi connectivity index (χ3n) is 4.76. The molecule has 0 atom stereocenters. The normalized spacial score (nSPS) is 13.4. The standard InChI is InChI=1S/C20H25N3O2S/c1-14-16(5-3-6-17(14)22-19(24)7-4-10-21-2)20(25)23-11-8-18-15(13-23)9-12-26-18/h3,5-6,9,12,21H,4,7-8,10-11,13H2,1-2H3,(H,22,24). The van der Waals surface area contributed by atoms with Crippen molar-refractivity contribution in [1.29, 1.82) is 0 Å². The molecule has 0 unspecified atom stereocenters. The molecule has 2 amide bonds. The molecule has 0 aliphatic carbocycles. The molecule has 0 radical (unpaired) electrons. The summed E-state index contributed by atoms with van der Waals surface area (Å²) in [6.07, 6.45) is 2.17. The number of rotatable bonds is 6. The maximum atomic E-state index is 13.0. The molecule has 1 aliphatic rings. The molecule has 0 spiro atoms. The summed E-state index contributed by atoms with van der Waals surface area (Å²) in [7, 11) is 1.87. The van der Waals surface area contributed by atoms with Crippen LogP contribution >= 0.6 is 11.3 Å². The van der Waals surface area contributed by atoms with E-state index in [0.29, 0.717) is 18.5 Å². The maximum Gasteiger partial charge on any atom is 0.254 e. The van der Waals surface area contributed by atoms with Gasteiger partial charge in [-0.1, -0.05) is 6.07 Å². The molecule has 2 aromatic rings. The van der Waals surface area contributed by atoms with Gasteiger partial charge in [-0.2, -0.15) is 0 Å². The number of thiophene rings is 1. The molecule has 1 aromatic carbocycles. The Hall–Kier alpha value is -2.18. The number of nitrogens with one attached hydrogen (secondary N) is 2. The summed E-state index contributed by atoms with van der Waals surface area (Å²) in [5, 5.41) is 8.07. The maximum absolute atomic E-state index is 13.0. The average Bonchev–Trinajstić information content (AvgIpc) is 3.11. The smallest absolute Gasteiger partial charge is 0.254 e. The Morgan fingerprint density at radius 3 is 2.92 bits per heavy atom. The molecule has 0 saturated heterocycles. The van der Waals surface area contributed by atoms with Gasteiger partial charge in [-0.05, 0) is 68.1 Å². The van der Waals surface area contributed by atoms with Crippen molar-refractivity contribution in [2.24, 2.45) is 0 Å². The highest BCUT2D eigenvalue weighted by molar-refractivity contribution is 7.10. The van der Waals surface area contributed by atoms with Crippen molar-refractivity contribution in [3.05, 3.63) is 51.2 Å². The molecule has 2 N–H and O–H groups in total. The van der Waals surface area contributed by atoms with Crippen molar-refractivity contribution < 1.29 is 9.59 Å². The van der Waals surface area contributed by atoms with Crippen LogP contribution in [0.2, 0.25) is 0 Å². The summed E-state index contributed by atoms with van der Waals surface area (Å²) < 4.78 is 0. The zero-order valence-electron chi connectivity index (χ0n) is 15.3. The molecule has 1 aliphatic heterocycles. The number of amides is 2. The molecule has 138 valence electrons. The second-order valence-corrected chi connectivity index (χ2v) is 7.58. The van der Waals surface area contributed by atoms with Crippen LogP contribution in [-0.2, 0) is 17.8 Å². The zero-order valence-corrected chi connectivity index (χ0v) is 16.1. The Labute approximate surface area is 158 Å². The van der Waals surface area contributed by atoms with Crippen molar-refractivity contribution in [3.63, 3.8) is 0 Å². The van der Waals surface area contributed by atoms with Crippen LogP contribution in [-0.4, -0.2) is 36.9 Å². The van der Waals surface area contributed by atoms with E-state index in [2.05, 4.69) is 22.1 Å². The molecule has 0 bridgehead atoms. The number of benzene rings is 1. The molecule has 1 aromatic heterocycles. The molecule has 0 fully saturated rings. The minimum Gasteiger partial charge on any atom is -0.334 e. The van der Waals surface area contributed by atoms with Crippen molar-refractivity contribution >= 4 is 28.8 Å². The van der Waals surface area contributed by atoms with Crippen LogP contribution in [0.25, 0.3) is 0 Å². The number of anilines is 1. The minimum absolute atomic E-state index is 0.0196. The Morgan fingerprint density at radius 1 is 1.27 bits per heavy atom. The third-order valence-corrected chi connectivity index (χ3v) is 5.79. The van der Waals surface area contributed by atoms with E-state index < -0.39 is 0 Å². The quantitative estimate of drug-likeness (QED) is 0.767. The Morgan fingerprint density at radius 2 is 2.12 bits per heavy atom. The van der Waals surface area contributed by atoms with Gasteiger partial charge in [0, 0.05) is 35.6 Å². The molecule has 2 heterocycles. The fourth-order valence-electron chi connectivity index (χ4n) is 3.23. The van der Waals surface area contributed by atoms with Crippen LogP contribution in [0.3, 0.4) is 0 Å². The lowest BCUT2D eigenvalue weighted by Gasteiger charge is -2.28. The molecule has 5 nitrogen and oxygen atoms in total. The zero-order chi connectivity index (χ0) is 18.5. The number of carbonyl (C=O) groups excluding carboxylic acids is 2. The summed E-state index contributed by atoms with van der Waals surface area (Å²) in [6, 6.07) is 7.64. The molecule has 0 saturated carbocycles. The highest BCUT2D eigenvalue weighted by Gasteiger charge is 2.24. The lowest BCUT2D eigenvalue weighted by molar-refractivity contribution is -0.116. The second kappa shape index (κ2) is 8.47. The summed E-state index contributed by atoms with van der Waals surface area (Å²) in [5.41, 5.74) is 3.46. The van der Waals surface area contributed by atoms with Crippen molar-refractivity contribution in [1.82, 2.24) is 10.2 Å². The van der Waals surface area contributed by atoms with Crippen LogP contribution in [0.4, 0.5) is 5.69 Å². The van der Waals surface area contributed by atoms with E-state index >= 15 is 0 Å². The van der Waals surface area contributed by atoms with Crippen molar-refractivity contribution in [2.75, 3.05) is 25.5 Å². The van der Waals surface area contributed by atoms with Crippen LogP contribution in [0, 0.1) is 6.92 Å². The first-order valence-corrected chi connectivity index (χ1v) is 9.86. The van der Waals surface area contributed by atoms with Gasteiger partial charge in [0.2, 0.25) is 5.91 Å². The Kier molecular flexibility index (Phi) is 6.06. The first-order chi connectivity index (χ1) is 12.6. The predicted molar refractivity (Wildman–Crippen MR) is 106 cm³/mol. The van der Waals surface area contributed by atoms with Gasteiger partial charge in [-0.15, -0.1) is 11.3 Å². The van der Waals surface area contributed by atoms with Gasteiger partial charge < -0.3 is 15.5 Å². The van der Waals surface area contributed by atoms with Crippen molar-refractivity contribution in [2.45, 2.75) is 32.7 Å². The number of nitrogens with zero attached hydrogens (tertiary/aromatic N) is 1. The number of fused-ring (bicyclic) bond motifs is 1. The van der Waals surface area contributed by atoms with Gasteiger partial charge >= 0.3 is 0 Å². The lowest BCUT2D eigenvalue weighted by Crippen LogP contribution is -2.35. The van der Waals surface area contributed by atoms with Gasteiger partial charge in [0.25, 0.3) is 5.91 Å². The first kappa shape index (κ1) is 18.6. The fraction of sp³-hybridized carbons (Fsp3) is 0.400. The van der Waals surface area contributed by atoms with Crippen LogP contribution in [0.15, 0.2) is 29.6 Å². The van der Waals surface area contributed by atoms with E-state index in [1.54, 1.807) is 11.3 Å². The highest BCUT2D eigenvalue weighted by atomic mass is 32.1. The van der Waals surface area contributed by atoms with Gasteiger partial charge in [-0.3, -0.25) is 9.59 Å². The summed E-state index contributed by atoms with van der Waals surface area (Å²) in [5.74, 6) is 0.0134. The number of hydrogen-bond donors (Lipinski definition) is 2. The number of hydrogen-bond acceptors (Lipinski definition) is 4. The molecule has 3 rings (SSSR count). The molecule has 26 heavy (non-hydrogen) atoms.